The summed E-state index contributed by atoms with van der Waals surface area (Å²) in [5, 5.41) is 6.75. The molecule has 0 bridgehead atoms. The summed E-state index contributed by atoms with van der Waals surface area (Å²) >= 11 is 0. The van der Waals surface area contributed by atoms with Crippen LogP contribution >= 0.6 is 0 Å². The maximum atomic E-state index is 5.99. The zero-order valence-corrected chi connectivity index (χ0v) is 14.7. The van der Waals surface area contributed by atoms with Gasteiger partial charge in [-0.2, -0.15) is 0 Å². The maximum Gasteiger partial charge on any atom is 0.191 e. The molecule has 5 heteroatoms. The van der Waals surface area contributed by atoms with Gasteiger partial charge in [0.25, 0.3) is 0 Å². The topological polar surface area (TPSA) is 48.9 Å². The average Bonchev–Trinajstić information content (AvgIpc) is 3.08. The lowest BCUT2D eigenvalue weighted by Crippen LogP contribution is -2.47. The molecule has 24 heavy (non-hydrogen) atoms. The van der Waals surface area contributed by atoms with E-state index in [-0.39, 0.29) is 6.10 Å². The van der Waals surface area contributed by atoms with E-state index in [1.807, 2.05) is 0 Å². The lowest BCUT2D eigenvalue weighted by atomic mass is 10.1. The summed E-state index contributed by atoms with van der Waals surface area (Å²) in [4.78, 5) is 7.29. The summed E-state index contributed by atoms with van der Waals surface area (Å²) in [6.45, 7) is 7.70. The molecule has 2 saturated heterocycles. The highest BCUT2D eigenvalue weighted by Crippen LogP contribution is 2.22. The van der Waals surface area contributed by atoms with Crippen molar-refractivity contribution in [2.75, 3.05) is 39.3 Å². The van der Waals surface area contributed by atoms with Crippen LogP contribution in [0.2, 0.25) is 0 Å². The molecule has 132 valence electrons. The van der Waals surface area contributed by atoms with Crippen molar-refractivity contribution >= 4 is 5.96 Å². The average molecular weight is 330 g/mol. The molecule has 0 spiro atoms. The number of morpholine rings is 1. The van der Waals surface area contributed by atoms with E-state index in [0.29, 0.717) is 6.04 Å². The predicted octanol–water partition coefficient (Wildman–Crippen LogP) is 1.65. The minimum atomic E-state index is 0.226. The molecule has 2 N–H and O–H groups in total. The molecular formula is C19H30N4O. The van der Waals surface area contributed by atoms with Gasteiger partial charge >= 0.3 is 0 Å². The van der Waals surface area contributed by atoms with E-state index in [0.717, 1.165) is 45.2 Å². The highest BCUT2D eigenvalue weighted by atomic mass is 16.5. The van der Waals surface area contributed by atoms with Crippen molar-refractivity contribution in [1.29, 1.82) is 0 Å². The van der Waals surface area contributed by atoms with Crippen LogP contribution in [0.15, 0.2) is 35.3 Å². The van der Waals surface area contributed by atoms with Crippen LogP contribution in [0.4, 0.5) is 0 Å². The van der Waals surface area contributed by atoms with Gasteiger partial charge in [0, 0.05) is 25.7 Å². The largest absolute Gasteiger partial charge is 0.373 e. The van der Waals surface area contributed by atoms with Crippen molar-refractivity contribution in [3.63, 3.8) is 0 Å². The van der Waals surface area contributed by atoms with Gasteiger partial charge in [-0.15, -0.1) is 0 Å². The van der Waals surface area contributed by atoms with Gasteiger partial charge in [-0.05, 0) is 38.3 Å². The quantitative estimate of drug-likeness (QED) is 0.615. The van der Waals surface area contributed by atoms with E-state index < -0.39 is 0 Å². The predicted molar refractivity (Wildman–Crippen MR) is 98.5 cm³/mol. The van der Waals surface area contributed by atoms with Gasteiger partial charge in [-0.25, -0.2) is 0 Å². The number of nitrogens with zero attached hydrogens (tertiary/aromatic N) is 2. The second kappa shape index (κ2) is 9.04. The lowest BCUT2D eigenvalue weighted by molar-refractivity contribution is -0.0432. The summed E-state index contributed by atoms with van der Waals surface area (Å²) < 4.78 is 5.99. The molecule has 0 aliphatic carbocycles. The number of hydrogen-bond acceptors (Lipinski definition) is 3. The molecule has 0 amide bonds. The number of hydrogen-bond donors (Lipinski definition) is 2. The highest BCUT2D eigenvalue weighted by molar-refractivity contribution is 5.79. The first-order valence-electron chi connectivity index (χ1n) is 9.27. The molecule has 5 nitrogen and oxygen atoms in total. The van der Waals surface area contributed by atoms with E-state index in [4.69, 9.17) is 9.73 Å². The van der Waals surface area contributed by atoms with Gasteiger partial charge in [-0.1, -0.05) is 30.3 Å². The third kappa shape index (κ3) is 4.95. The Kier molecular flexibility index (Phi) is 6.49. The molecule has 3 rings (SSSR count). The summed E-state index contributed by atoms with van der Waals surface area (Å²) in [6, 6.07) is 11.2. The second-order valence-electron chi connectivity index (χ2n) is 6.63. The minimum absolute atomic E-state index is 0.226. The summed E-state index contributed by atoms with van der Waals surface area (Å²) in [7, 11) is 0. The SMILES string of the molecule is CCNC(=NCC1CN2CCCC2CO1)NCCc1ccccc1. The summed E-state index contributed by atoms with van der Waals surface area (Å²) in [5.74, 6) is 0.889. The fraction of sp³-hybridized carbons (Fsp3) is 0.632. The Morgan fingerprint density at radius 2 is 2.17 bits per heavy atom. The number of rotatable bonds is 6. The van der Waals surface area contributed by atoms with Gasteiger partial charge in [0.05, 0.1) is 19.3 Å². The Morgan fingerprint density at radius 3 is 3.00 bits per heavy atom. The molecule has 2 atom stereocenters. The van der Waals surface area contributed by atoms with Crippen molar-refractivity contribution in [1.82, 2.24) is 15.5 Å². The molecule has 2 aliphatic rings. The molecule has 2 heterocycles. The Hall–Kier alpha value is -1.59. The highest BCUT2D eigenvalue weighted by Gasteiger charge is 2.31. The van der Waals surface area contributed by atoms with Crippen LogP contribution < -0.4 is 10.6 Å². The van der Waals surface area contributed by atoms with Gasteiger partial charge < -0.3 is 15.4 Å². The number of benzene rings is 1. The maximum absolute atomic E-state index is 5.99. The number of ether oxygens (including phenoxy) is 1. The third-order valence-corrected chi connectivity index (χ3v) is 4.81. The Labute approximate surface area is 145 Å². The third-order valence-electron chi connectivity index (χ3n) is 4.81. The Bertz CT molecular complexity index is 519. The standard InChI is InChI=1S/C19H30N4O/c1-2-20-19(21-11-10-16-7-4-3-5-8-16)22-13-18-14-23-12-6-9-17(23)15-24-18/h3-5,7-8,17-18H,2,6,9-15H2,1H3,(H2,20,21,22). The summed E-state index contributed by atoms with van der Waals surface area (Å²) in [6.07, 6.45) is 3.83. The number of fused-ring (bicyclic) bond motifs is 1. The van der Waals surface area contributed by atoms with Crippen molar-refractivity contribution in [3.05, 3.63) is 35.9 Å². The zero-order chi connectivity index (χ0) is 16.6. The van der Waals surface area contributed by atoms with Gasteiger partial charge in [0.15, 0.2) is 5.96 Å². The minimum Gasteiger partial charge on any atom is -0.373 e. The van der Waals surface area contributed by atoms with Crippen LogP contribution in [0.1, 0.15) is 25.3 Å². The van der Waals surface area contributed by atoms with Crippen LogP contribution in [0.5, 0.6) is 0 Å². The smallest absolute Gasteiger partial charge is 0.191 e. The zero-order valence-electron chi connectivity index (χ0n) is 14.7. The first-order valence-corrected chi connectivity index (χ1v) is 9.27. The van der Waals surface area contributed by atoms with E-state index in [1.54, 1.807) is 0 Å². The van der Waals surface area contributed by atoms with Crippen LogP contribution in [0.3, 0.4) is 0 Å². The number of aliphatic imine (C=N–C) groups is 1. The Morgan fingerprint density at radius 1 is 1.29 bits per heavy atom. The van der Waals surface area contributed by atoms with E-state index in [1.165, 1.54) is 24.9 Å². The fourth-order valence-corrected chi connectivity index (χ4v) is 3.50. The number of nitrogens with one attached hydrogen (secondary N) is 2. The molecule has 2 unspecified atom stereocenters. The lowest BCUT2D eigenvalue weighted by Gasteiger charge is -2.34. The molecule has 2 aliphatic heterocycles. The fourth-order valence-electron chi connectivity index (χ4n) is 3.50. The molecule has 1 aromatic rings. The Balaban J connectivity index is 1.44. The van der Waals surface area contributed by atoms with Gasteiger partial charge in [0.1, 0.15) is 0 Å². The van der Waals surface area contributed by atoms with Crippen molar-refractivity contribution in [2.45, 2.75) is 38.3 Å². The first kappa shape index (κ1) is 17.2. The number of guanidine groups is 1. The summed E-state index contributed by atoms with van der Waals surface area (Å²) in [5.41, 5.74) is 1.34. The molecule has 0 aromatic heterocycles. The van der Waals surface area contributed by atoms with E-state index >= 15 is 0 Å². The van der Waals surface area contributed by atoms with Crippen molar-refractivity contribution < 1.29 is 4.74 Å². The van der Waals surface area contributed by atoms with Crippen molar-refractivity contribution in [3.8, 4) is 0 Å². The molecule has 2 fully saturated rings. The molecular weight excluding hydrogens is 300 g/mol. The van der Waals surface area contributed by atoms with Gasteiger partial charge in [-0.3, -0.25) is 9.89 Å². The molecule has 1 aromatic carbocycles. The van der Waals surface area contributed by atoms with Crippen LogP contribution in [-0.4, -0.2) is 62.3 Å². The molecule has 0 saturated carbocycles. The van der Waals surface area contributed by atoms with Crippen molar-refractivity contribution in [2.24, 2.45) is 4.99 Å². The molecule has 0 radical (unpaired) electrons. The van der Waals surface area contributed by atoms with Crippen LogP contribution in [-0.2, 0) is 11.2 Å². The van der Waals surface area contributed by atoms with Crippen LogP contribution in [0, 0.1) is 0 Å². The monoisotopic (exact) mass is 330 g/mol. The van der Waals surface area contributed by atoms with E-state index in [2.05, 4.69) is 52.8 Å². The first-order chi connectivity index (χ1) is 11.8. The second-order valence-corrected chi connectivity index (χ2v) is 6.63. The normalized spacial score (nSPS) is 24.6. The van der Waals surface area contributed by atoms with Crippen LogP contribution in [0.25, 0.3) is 0 Å². The van der Waals surface area contributed by atoms with E-state index in [9.17, 15) is 0 Å². The van der Waals surface area contributed by atoms with Gasteiger partial charge in [0.2, 0.25) is 0 Å².